The molecule has 0 spiro atoms. The minimum atomic E-state index is 0.763. The molecule has 1 heterocycles. The van der Waals surface area contributed by atoms with Gasteiger partial charge in [0, 0.05) is 50.3 Å². The fraction of sp³-hybridized carbons (Fsp3) is 0.625. The lowest BCUT2D eigenvalue weighted by Gasteiger charge is -2.35. The van der Waals surface area contributed by atoms with Crippen LogP contribution in [0.4, 0.5) is 0 Å². The lowest BCUT2D eigenvalue weighted by atomic mass is 10.3. The van der Waals surface area contributed by atoms with E-state index in [1.807, 2.05) is 24.3 Å². The third-order valence-corrected chi connectivity index (χ3v) is 4.35. The highest BCUT2D eigenvalue weighted by Crippen LogP contribution is 2.16. The third kappa shape index (κ3) is 6.34. The van der Waals surface area contributed by atoms with Crippen LogP contribution in [0.15, 0.2) is 28.7 Å². The summed E-state index contributed by atoms with van der Waals surface area (Å²) in [6.07, 6.45) is 0. The van der Waals surface area contributed by atoms with Crippen molar-refractivity contribution in [3.05, 3.63) is 28.7 Å². The van der Waals surface area contributed by atoms with Crippen LogP contribution in [0.25, 0.3) is 0 Å². The van der Waals surface area contributed by atoms with E-state index in [1.165, 1.54) is 19.6 Å². The van der Waals surface area contributed by atoms with Crippen LogP contribution < -0.4 is 4.74 Å². The van der Waals surface area contributed by atoms with E-state index >= 15 is 0 Å². The standard InChI is InChI=1S/C16H26BrN3O/c1-18(2)7-8-19-9-11-20(12-10-19)13-14-21-16-5-3-15(17)4-6-16/h3-6H,7-14H2,1-2H3. The summed E-state index contributed by atoms with van der Waals surface area (Å²) in [5.41, 5.74) is 0. The number of piperazine rings is 1. The molecule has 0 atom stereocenters. The van der Waals surface area contributed by atoms with E-state index in [1.54, 1.807) is 0 Å². The third-order valence-electron chi connectivity index (χ3n) is 3.82. The summed E-state index contributed by atoms with van der Waals surface area (Å²) in [5.74, 6) is 0.947. The molecule has 0 aliphatic carbocycles. The molecule has 0 bridgehead atoms. The molecule has 1 aliphatic rings. The van der Waals surface area contributed by atoms with Crippen LogP contribution in [-0.4, -0.2) is 81.2 Å². The maximum absolute atomic E-state index is 5.79. The molecule has 1 aromatic rings. The highest BCUT2D eigenvalue weighted by atomic mass is 79.9. The van der Waals surface area contributed by atoms with Crippen molar-refractivity contribution >= 4 is 15.9 Å². The summed E-state index contributed by atoms with van der Waals surface area (Å²) in [6.45, 7) is 8.74. The second-order valence-corrected chi connectivity index (χ2v) is 6.70. The average Bonchev–Trinajstić information content (AvgIpc) is 2.48. The van der Waals surface area contributed by atoms with Gasteiger partial charge in [0.05, 0.1) is 0 Å². The first kappa shape index (κ1) is 16.7. The van der Waals surface area contributed by atoms with Crippen LogP contribution in [-0.2, 0) is 0 Å². The van der Waals surface area contributed by atoms with E-state index < -0.39 is 0 Å². The summed E-state index contributed by atoms with van der Waals surface area (Å²) in [5, 5.41) is 0. The Bertz CT molecular complexity index is 402. The second-order valence-electron chi connectivity index (χ2n) is 5.79. The highest BCUT2D eigenvalue weighted by Gasteiger charge is 2.16. The molecule has 5 heteroatoms. The molecule has 1 aromatic carbocycles. The molecule has 4 nitrogen and oxygen atoms in total. The van der Waals surface area contributed by atoms with E-state index in [-0.39, 0.29) is 0 Å². The first-order valence-electron chi connectivity index (χ1n) is 7.61. The molecular formula is C16H26BrN3O. The van der Waals surface area contributed by atoms with Gasteiger partial charge in [-0.05, 0) is 38.4 Å². The molecular weight excluding hydrogens is 330 g/mol. The van der Waals surface area contributed by atoms with Gasteiger partial charge in [0.2, 0.25) is 0 Å². The van der Waals surface area contributed by atoms with Gasteiger partial charge < -0.3 is 9.64 Å². The van der Waals surface area contributed by atoms with E-state index in [2.05, 4.69) is 44.7 Å². The fourth-order valence-corrected chi connectivity index (χ4v) is 2.67. The number of hydrogen-bond acceptors (Lipinski definition) is 4. The molecule has 1 aliphatic heterocycles. The Morgan fingerprint density at radius 2 is 1.57 bits per heavy atom. The minimum absolute atomic E-state index is 0.763. The molecule has 1 fully saturated rings. The van der Waals surface area contributed by atoms with Crippen molar-refractivity contribution < 1.29 is 4.74 Å². The Morgan fingerprint density at radius 3 is 2.14 bits per heavy atom. The van der Waals surface area contributed by atoms with Gasteiger partial charge in [-0.15, -0.1) is 0 Å². The lowest BCUT2D eigenvalue weighted by Crippen LogP contribution is -2.48. The Kier molecular flexibility index (Phi) is 6.96. The summed E-state index contributed by atoms with van der Waals surface area (Å²) >= 11 is 3.43. The Morgan fingerprint density at radius 1 is 1.00 bits per heavy atom. The van der Waals surface area contributed by atoms with Crippen molar-refractivity contribution in [2.45, 2.75) is 0 Å². The van der Waals surface area contributed by atoms with Gasteiger partial charge in [0.25, 0.3) is 0 Å². The summed E-state index contributed by atoms with van der Waals surface area (Å²) in [6, 6.07) is 8.03. The molecule has 0 unspecified atom stereocenters. The number of benzene rings is 1. The summed E-state index contributed by atoms with van der Waals surface area (Å²) in [4.78, 5) is 7.29. The Hall–Kier alpha value is -0.620. The van der Waals surface area contributed by atoms with Crippen LogP contribution in [0.1, 0.15) is 0 Å². The van der Waals surface area contributed by atoms with Crippen molar-refractivity contribution in [3.63, 3.8) is 0 Å². The monoisotopic (exact) mass is 355 g/mol. The molecule has 0 aromatic heterocycles. The smallest absolute Gasteiger partial charge is 0.119 e. The van der Waals surface area contributed by atoms with Crippen LogP contribution in [0.2, 0.25) is 0 Å². The second kappa shape index (κ2) is 8.73. The number of ether oxygens (including phenoxy) is 1. The lowest BCUT2D eigenvalue weighted by molar-refractivity contribution is 0.112. The van der Waals surface area contributed by atoms with Crippen molar-refractivity contribution in [1.29, 1.82) is 0 Å². The van der Waals surface area contributed by atoms with Gasteiger partial charge in [-0.3, -0.25) is 9.80 Å². The van der Waals surface area contributed by atoms with Crippen molar-refractivity contribution in [3.8, 4) is 5.75 Å². The van der Waals surface area contributed by atoms with E-state index in [9.17, 15) is 0 Å². The van der Waals surface area contributed by atoms with Crippen LogP contribution >= 0.6 is 15.9 Å². The van der Waals surface area contributed by atoms with Gasteiger partial charge in [0.1, 0.15) is 12.4 Å². The summed E-state index contributed by atoms with van der Waals surface area (Å²) < 4.78 is 6.87. The van der Waals surface area contributed by atoms with Crippen LogP contribution in [0.5, 0.6) is 5.75 Å². The molecule has 118 valence electrons. The topological polar surface area (TPSA) is 19.0 Å². The van der Waals surface area contributed by atoms with Crippen LogP contribution in [0, 0.1) is 0 Å². The Labute approximate surface area is 136 Å². The largest absolute Gasteiger partial charge is 0.492 e. The normalized spacial score (nSPS) is 17.3. The zero-order chi connectivity index (χ0) is 15.1. The van der Waals surface area contributed by atoms with Gasteiger partial charge in [-0.25, -0.2) is 0 Å². The van der Waals surface area contributed by atoms with E-state index in [0.29, 0.717) is 0 Å². The molecule has 2 rings (SSSR count). The van der Waals surface area contributed by atoms with Gasteiger partial charge in [-0.1, -0.05) is 15.9 Å². The Balaban J connectivity index is 1.59. The molecule has 21 heavy (non-hydrogen) atoms. The molecule has 0 radical (unpaired) electrons. The average molecular weight is 356 g/mol. The molecule has 1 saturated heterocycles. The zero-order valence-corrected chi connectivity index (χ0v) is 14.7. The number of halogens is 1. The number of hydrogen-bond donors (Lipinski definition) is 0. The minimum Gasteiger partial charge on any atom is -0.492 e. The summed E-state index contributed by atoms with van der Waals surface area (Å²) in [7, 11) is 4.27. The van der Waals surface area contributed by atoms with Crippen molar-refractivity contribution in [2.24, 2.45) is 0 Å². The SMILES string of the molecule is CN(C)CCN1CCN(CCOc2ccc(Br)cc2)CC1. The molecule has 0 amide bonds. The van der Waals surface area contributed by atoms with Crippen molar-refractivity contribution in [2.75, 3.05) is 66.5 Å². The van der Waals surface area contributed by atoms with Gasteiger partial charge in [-0.2, -0.15) is 0 Å². The van der Waals surface area contributed by atoms with E-state index in [4.69, 9.17) is 4.74 Å². The number of rotatable bonds is 7. The molecule has 0 saturated carbocycles. The number of nitrogens with zero attached hydrogens (tertiary/aromatic N) is 3. The predicted molar refractivity (Wildman–Crippen MR) is 91.1 cm³/mol. The quantitative estimate of drug-likeness (QED) is 0.744. The van der Waals surface area contributed by atoms with Gasteiger partial charge in [0.15, 0.2) is 0 Å². The number of likely N-dealkylation sites (N-methyl/N-ethyl adjacent to an activating group) is 1. The first-order chi connectivity index (χ1) is 10.1. The maximum Gasteiger partial charge on any atom is 0.119 e. The molecule has 0 N–H and O–H groups in total. The van der Waals surface area contributed by atoms with Gasteiger partial charge >= 0.3 is 0 Å². The fourth-order valence-electron chi connectivity index (χ4n) is 2.40. The van der Waals surface area contributed by atoms with Crippen molar-refractivity contribution in [1.82, 2.24) is 14.7 Å². The highest BCUT2D eigenvalue weighted by molar-refractivity contribution is 9.10. The van der Waals surface area contributed by atoms with Crippen LogP contribution in [0.3, 0.4) is 0 Å². The maximum atomic E-state index is 5.79. The van der Waals surface area contributed by atoms with E-state index in [0.717, 1.165) is 43.0 Å². The zero-order valence-electron chi connectivity index (χ0n) is 13.1. The first-order valence-corrected chi connectivity index (χ1v) is 8.40. The predicted octanol–water partition coefficient (Wildman–Crippen LogP) is 2.01.